The van der Waals surface area contributed by atoms with Gasteiger partial charge < -0.3 is 5.11 Å². The first-order valence-corrected chi connectivity index (χ1v) is 6.32. The van der Waals surface area contributed by atoms with Crippen LogP contribution in [0.2, 0.25) is 0 Å². The van der Waals surface area contributed by atoms with E-state index in [-0.39, 0.29) is 6.61 Å². The summed E-state index contributed by atoms with van der Waals surface area (Å²) in [6, 6.07) is 0. The molecule has 0 unspecified atom stereocenters. The third-order valence-electron chi connectivity index (χ3n) is 2.35. The maximum absolute atomic E-state index is 8.55. The highest BCUT2D eigenvalue weighted by Crippen LogP contribution is 2.03. The van der Waals surface area contributed by atoms with E-state index in [2.05, 4.69) is 31.2 Å². The first-order valence-electron chi connectivity index (χ1n) is 6.32. The lowest BCUT2D eigenvalue weighted by Crippen LogP contribution is -1.76. The number of unbranched alkanes of at least 4 members (excludes halogenated alkanes) is 5. The molecule has 0 fully saturated rings. The van der Waals surface area contributed by atoms with Crippen LogP contribution in [0.4, 0.5) is 0 Å². The Morgan fingerprint density at radius 2 is 1.27 bits per heavy atom. The van der Waals surface area contributed by atoms with Crippen molar-refractivity contribution < 1.29 is 5.11 Å². The lowest BCUT2D eigenvalue weighted by atomic mass is 10.1. The molecule has 15 heavy (non-hydrogen) atoms. The fraction of sp³-hybridized carbons (Fsp3) is 0.714. The molecule has 1 nitrogen and oxygen atoms in total. The molecule has 0 amide bonds. The zero-order valence-corrected chi connectivity index (χ0v) is 10.1. The van der Waals surface area contributed by atoms with E-state index in [9.17, 15) is 0 Å². The summed E-state index contributed by atoms with van der Waals surface area (Å²) in [5.74, 6) is 0. The number of hydrogen-bond donors (Lipinski definition) is 1. The molecule has 0 spiro atoms. The summed E-state index contributed by atoms with van der Waals surface area (Å²) in [5, 5.41) is 8.55. The van der Waals surface area contributed by atoms with Gasteiger partial charge in [-0.2, -0.15) is 0 Å². The first kappa shape index (κ1) is 14.4. The van der Waals surface area contributed by atoms with Gasteiger partial charge in [-0.15, -0.1) is 0 Å². The average molecular weight is 210 g/mol. The molecule has 0 bridgehead atoms. The molecular weight excluding hydrogens is 184 g/mol. The Kier molecular flexibility index (Phi) is 12.9. The lowest BCUT2D eigenvalue weighted by Gasteiger charge is -1.93. The molecule has 1 heteroatoms. The van der Waals surface area contributed by atoms with E-state index in [0.717, 1.165) is 12.8 Å². The van der Waals surface area contributed by atoms with Gasteiger partial charge in [-0.05, 0) is 38.5 Å². The molecule has 0 aromatic carbocycles. The van der Waals surface area contributed by atoms with Gasteiger partial charge in [-0.3, -0.25) is 0 Å². The topological polar surface area (TPSA) is 20.2 Å². The van der Waals surface area contributed by atoms with Crippen LogP contribution in [0.3, 0.4) is 0 Å². The largest absolute Gasteiger partial charge is 0.396 e. The standard InChI is InChI=1S/C14H26O/c1-2-3-4-5-6-7-8-9-10-11-12-13-14-15/h6-7,11-12,15H,2-5,8-10,13-14H2,1H3/b7-6-,12-11+. The smallest absolute Gasteiger partial charge is 0.0465 e. The molecule has 0 saturated heterocycles. The molecule has 1 N–H and O–H groups in total. The van der Waals surface area contributed by atoms with E-state index >= 15 is 0 Å². The summed E-state index contributed by atoms with van der Waals surface area (Å²) in [5.41, 5.74) is 0. The Morgan fingerprint density at radius 3 is 1.80 bits per heavy atom. The normalized spacial score (nSPS) is 11.9. The third kappa shape index (κ3) is 13.4. The van der Waals surface area contributed by atoms with Gasteiger partial charge in [0.05, 0.1) is 0 Å². The highest BCUT2D eigenvalue weighted by molar-refractivity contribution is 4.85. The van der Waals surface area contributed by atoms with E-state index in [0.29, 0.717) is 0 Å². The van der Waals surface area contributed by atoms with Crippen molar-refractivity contribution in [1.29, 1.82) is 0 Å². The molecule has 0 radical (unpaired) electrons. The zero-order valence-electron chi connectivity index (χ0n) is 10.1. The Morgan fingerprint density at radius 1 is 0.733 bits per heavy atom. The van der Waals surface area contributed by atoms with E-state index in [1.807, 2.05) is 0 Å². The van der Waals surface area contributed by atoms with E-state index < -0.39 is 0 Å². The van der Waals surface area contributed by atoms with Crippen LogP contribution in [0.25, 0.3) is 0 Å². The maximum Gasteiger partial charge on any atom is 0.0465 e. The van der Waals surface area contributed by atoms with Crippen molar-refractivity contribution >= 4 is 0 Å². The van der Waals surface area contributed by atoms with Crippen molar-refractivity contribution in [3.8, 4) is 0 Å². The fourth-order valence-electron chi connectivity index (χ4n) is 1.41. The number of aliphatic hydroxyl groups excluding tert-OH is 1. The van der Waals surface area contributed by atoms with E-state index in [4.69, 9.17) is 5.11 Å². The Hall–Kier alpha value is -0.560. The summed E-state index contributed by atoms with van der Waals surface area (Å²) in [6.45, 7) is 2.51. The van der Waals surface area contributed by atoms with Crippen molar-refractivity contribution in [3.05, 3.63) is 24.3 Å². The van der Waals surface area contributed by atoms with Crippen molar-refractivity contribution in [2.75, 3.05) is 6.61 Å². The maximum atomic E-state index is 8.55. The Bertz CT molecular complexity index is 159. The van der Waals surface area contributed by atoms with Gasteiger partial charge in [-0.25, -0.2) is 0 Å². The molecule has 0 aromatic heterocycles. The quantitative estimate of drug-likeness (QED) is 0.422. The van der Waals surface area contributed by atoms with E-state index in [1.165, 1.54) is 38.5 Å². The molecule has 88 valence electrons. The van der Waals surface area contributed by atoms with Gasteiger partial charge in [0.1, 0.15) is 0 Å². The molecule has 0 heterocycles. The Balaban J connectivity index is 3.09. The number of allylic oxidation sites excluding steroid dienone is 3. The molecular formula is C14H26O. The zero-order chi connectivity index (χ0) is 11.2. The number of aliphatic hydroxyl groups is 1. The highest BCUT2D eigenvalue weighted by atomic mass is 16.2. The SMILES string of the molecule is CCCCC/C=C\CCC/C=C/CCO. The molecule has 0 aromatic rings. The molecule has 0 atom stereocenters. The number of rotatable bonds is 10. The van der Waals surface area contributed by atoms with Crippen LogP contribution in [0.15, 0.2) is 24.3 Å². The van der Waals surface area contributed by atoms with Crippen LogP contribution in [-0.4, -0.2) is 11.7 Å². The van der Waals surface area contributed by atoms with Crippen LogP contribution in [0.5, 0.6) is 0 Å². The molecule has 0 aliphatic carbocycles. The summed E-state index contributed by atoms with van der Waals surface area (Å²) < 4.78 is 0. The summed E-state index contributed by atoms with van der Waals surface area (Å²) >= 11 is 0. The first-order chi connectivity index (χ1) is 7.41. The molecule has 0 aliphatic heterocycles. The van der Waals surface area contributed by atoms with Gasteiger partial charge in [0, 0.05) is 6.61 Å². The van der Waals surface area contributed by atoms with Crippen LogP contribution in [0, 0.1) is 0 Å². The lowest BCUT2D eigenvalue weighted by molar-refractivity contribution is 0.302. The molecule has 0 aliphatic rings. The van der Waals surface area contributed by atoms with Crippen molar-refractivity contribution in [3.63, 3.8) is 0 Å². The average Bonchev–Trinajstić information content (AvgIpc) is 2.26. The predicted molar refractivity (Wildman–Crippen MR) is 68.0 cm³/mol. The van der Waals surface area contributed by atoms with Gasteiger partial charge in [0.2, 0.25) is 0 Å². The second kappa shape index (κ2) is 13.4. The van der Waals surface area contributed by atoms with Crippen molar-refractivity contribution in [1.82, 2.24) is 0 Å². The monoisotopic (exact) mass is 210 g/mol. The van der Waals surface area contributed by atoms with Crippen LogP contribution < -0.4 is 0 Å². The van der Waals surface area contributed by atoms with Crippen LogP contribution >= 0.6 is 0 Å². The minimum Gasteiger partial charge on any atom is -0.396 e. The van der Waals surface area contributed by atoms with Gasteiger partial charge in [-0.1, -0.05) is 44.1 Å². The van der Waals surface area contributed by atoms with Gasteiger partial charge in [0.15, 0.2) is 0 Å². The highest BCUT2D eigenvalue weighted by Gasteiger charge is 1.83. The van der Waals surface area contributed by atoms with E-state index in [1.54, 1.807) is 0 Å². The van der Waals surface area contributed by atoms with Gasteiger partial charge in [0.25, 0.3) is 0 Å². The second-order valence-electron chi connectivity index (χ2n) is 3.88. The van der Waals surface area contributed by atoms with Crippen LogP contribution in [-0.2, 0) is 0 Å². The third-order valence-corrected chi connectivity index (χ3v) is 2.35. The second-order valence-corrected chi connectivity index (χ2v) is 3.88. The number of hydrogen-bond acceptors (Lipinski definition) is 1. The fourth-order valence-corrected chi connectivity index (χ4v) is 1.41. The Labute approximate surface area is 94.9 Å². The van der Waals surface area contributed by atoms with Gasteiger partial charge >= 0.3 is 0 Å². The summed E-state index contributed by atoms with van der Waals surface area (Å²) in [4.78, 5) is 0. The minimum atomic E-state index is 0.272. The van der Waals surface area contributed by atoms with Crippen LogP contribution in [0.1, 0.15) is 58.3 Å². The summed E-state index contributed by atoms with van der Waals surface area (Å²) in [7, 11) is 0. The molecule has 0 saturated carbocycles. The molecule has 0 rings (SSSR count). The van der Waals surface area contributed by atoms with Crippen molar-refractivity contribution in [2.24, 2.45) is 0 Å². The predicted octanol–water partition coefficient (Wildman–Crippen LogP) is 4.23. The minimum absolute atomic E-state index is 0.272. The van der Waals surface area contributed by atoms with Crippen molar-refractivity contribution in [2.45, 2.75) is 58.3 Å². The summed E-state index contributed by atoms with van der Waals surface area (Å²) in [6.07, 6.45) is 18.4.